The van der Waals surface area contributed by atoms with Crippen molar-refractivity contribution in [1.29, 1.82) is 5.26 Å². The minimum absolute atomic E-state index is 0.527. The molecule has 0 atom stereocenters. The fourth-order valence-corrected chi connectivity index (χ4v) is 4.21. The molecule has 0 unspecified atom stereocenters. The zero-order chi connectivity index (χ0) is 19.2. The highest BCUT2D eigenvalue weighted by Crippen LogP contribution is 2.25. The van der Waals surface area contributed by atoms with Crippen LogP contribution < -0.4 is 4.74 Å². The molecule has 5 nitrogen and oxygen atoms in total. The van der Waals surface area contributed by atoms with Gasteiger partial charge in [0.1, 0.15) is 5.01 Å². The van der Waals surface area contributed by atoms with Crippen molar-refractivity contribution in [1.82, 2.24) is 14.9 Å². The normalized spacial score (nSPS) is 15.2. The Morgan fingerprint density at radius 1 is 1.18 bits per heavy atom. The van der Waals surface area contributed by atoms with E-state index in [1.54, 1.807) is 29.7 Å². The third-order valence-corrected chi connectivity index (χ3v) is 5.94. The molecule has 1 aromatic carbocycles. The van der Waals surface area contributed by atoms with Gasteiger partial charge in [0.05, 0.1) is 23.9 Å². The van der Waals surface area contributed by atoms with Gasteiger partial charge in [0.15, 0.2) is 0 Å². The summed E-state index contributed by atoms with van der Waals surface area (Å²) in [5, 5.41) is 12.2. The van der Waals surface area contributed by atoms with Gasteiger partial charge in [-0.25, -0.2) is 9.97 Å². The minimum atomic E-state index is 0.527. The number of nitriles is 1. The molecule has 0 spiro atoms. The summed E-state index contributed by atoms with van der Waals surface area (Å²) in [7, 11) is 0. The number of rotatable bonds is 6. The average molecular weight is 391 g/mol. The highest BCUT2D eigenvalue weighted by Gasteiger charge is 2.21. The zero-order valence-corrected chi connectivity index (χ0v) is 16.4. The molecule has 3 aromatic rings. The van der Waals surface area contributed by atoms with E-state index in [2.05, 4.69) is 45.6 Å². The molecule has 2 aromatic heterocycles. The van der Waals surface area contributed by atoms with E-state index in [4.69, 9.17) is 15.0 Å². The molecule has 28 heavy (non-hydrogen) atoms. The van der Waals surface area contributed by atoms with Gasteiger partial charge in [0, 0.05) is 29.8 Å². The number of piperidine rings is 1. The van der Waals surface area contributed by atoms with Crippen molar-refractivity contribution in [2.45, 2.75) is 19.4 Å². The number of ether oxygens (including phenoxy) is 1. The molecule has 142 valence electrons. The molecule has 4 rings (SSSR count). The van der Waals surface area contributed by atoms with Gasteiger partial charge in [-0.2, -0.15) is 5.26 Å². The van der Waals surface area contributed by atoms with Gasteiger partial charge in [-0.15, -0.1) is 11.3 Å². The van der Waals surface area contributed by atoms with Crippen molar-refractivity contribution >= 4 is 11.3 Å². The number of hydrogen-bond donors (Lipinski definition) is 0. The molecule has 1 aliphatic rings. The summed E-state index contributed by atoms with van der Waals surface area (Å²) in [6.45, 7) is 3.67. The minimum Gasteiger partial charge on any atom is -0.477 e. The van der Waals surface area contributed by atoms with E-state index in [1.165, 1.54) is 5.56 Å². The van der Waals surface area contributed by atoms with Crippen molar-refractivity contribution in [3.8, 4) is 22.5 Å². The molecular weight excluding hydrogens is 368 g/mol. The van der Waals surface area contributed by atoms with E-state index in [9.17, 15) is 0 Å². The SMILES string of the molecule is N#Cc1ccnc(OCC2CCN(Cc3csc(-c4ccccc4)n3)CC2)c1. The van der Waals surface area contributed by atoms with E-state index in [0.29, 0.717) is 24.0 Å². The molecule has 0 radical (unpaired) electrons. The summed E-state index contributed by atoms with van der Waals surface area (Å²) >= 11 is 1.71. The maximum absolute atomic E-state index is 8.95. The molecule has 6 heteroatoms. The largest absolute Gasteiger partial charge is 0.477 e. The summed E-state index contributed by atoms with van der Waals surface area (Å²) < 4.78 is 5.80. The predicted octanol–water partition coefficient (Wildman–Crippen LogP) is 4.37. The van der Waals surface area contributed by atoms with Crippen LogP contribution in [0, 0.1) is 17.2 Å². The quantitative estimate of drug-likeness (QED) is 0.625. The van der Waals surface area contributed by atoms with E-state index < -0.39 is 0 Å². The van der Waals surface area contributed by atoms with Gasteiger partial charge < -0.3 is 4.74 Å². The Kier molecular flexibility index (Phi) is 5.95. The molecule has 0 bridgehead atoms. The molecule has 1 saturated heterocycles. The van der Waals surface area contributed by atoms with Gasteiger partial charge in [0.25, 0.3) is 0 Å². The summed E-state index contributed by atoms with van der Waals surface area (Å²) in [6.07, 6.45) is 3.83. The molecule has 1 aliphatic heterocycles. The monoisotopic (exact) mass is 390 g/mol. The van der Waals surface area contributed by atoms with Gasteiger partial charge >= 0.3 is 0 Å². The van der Waals surface area contributed by atoms with Crippen molar-refractivity contribution in [3.63, 3.8) is 0 Å². The fraction of sp³-hybridized carbons (Fsp3) is 0.318. The lowest BCUT2D eigenvalue weighted by Gasteiger charge is -2.31. The average Bonchev–Trinajstić information content (AvgIpc) is 3.22. The molecule has 1 fully saturated rings. The Morgan fingerprint density at radius 3 is 2.79 bits per heavy atom. The lowest BCUT2D eigenvalue weighted by Crippen LogP contribution is -2.35. The molecular formula is C22H22N4OS. The second kappa shape index (κ2) is 8.96. The lowest BCUT2D eigenvalue weighted by molar-refractivity contribution is 0.134. The Hall–Kier alpha value is -2.75. The number of benzene rings is 1. The maximum Gasteiger partial charge on any atom is 0.214 e. The Balaban J connectivity index is 1.24. The van der Waals surface area contributed by atoms with Crippen molar-refractivity contribution in [3.05, 3.63) is 65.3 Å². The highest BCUT2D eigenvalue weighted by atomic mass is 32.1. The van der Waals surface area contributed by atoms with Crippen LogP contribution in [0.3, 0.4) is 0 Å². The van der Waals surface area contributed by atoms with Crippen molar-refractivity contribution in [2.75, 3.05) is 19.7 Å². The highest BCUT2D eigenvalue weighted by molar-refractivity contribution is 7.13. The number of likely N-dealkylation sites (tertiary alicyclic amines) is 1. The van der Waals surface area contributed by atoms with Crippen LogP contribution in [-0.2, 0) is 6.54 Å². The van der Waals surface area contributed by atoms with E-state index in [-0.39, 0.29) is 0 Å². The molecule has 3 heterocycles. The third-order valence-electron chi connectivity index (χ3n) is 5.00. The Morgan fingerprint density at radius 2 is 2.00 bits per heavy atom. The number of pyridine rings is 1. The standard InChI is InChI=1S/C22H22N4OS/c23-13-18-6-9-24-21(12-18)27-15-17-7-10-26(11-8-17)14-20-16-28-22(25-20)19-4-2-1-3-5-19/h1-6,9,12,16-17H,7-8,10-11,14-15H2. The van der Waals surface area contributed by atoms with Crippen LogP contribution in [0.4, 0.5) is 0 Å². The van der Waals surface area contributed by atoms with Crippen molar-refractivity contribution in [2.24, 2.45) is 5.92 Å². The van der Waals surface area contributed by atoms with Crippen LogP contribution in [0.15, 0.2) is 54.0 Å². The van der Waals surface area contributed by atoms with E-state index in [0.717, 1.165) is 43.2 Å². The lowest BCUT2D eigenvalue weighted by atomic mass is 9.98. The van der Waals surface area contributed by atoms with Crippen LogP contribution in [0.5, 0.6) is 5.88 Å². The van der Waals surface area contributed by atoms with Gasteiger partial charge in [-0.3, -0.25) is 4.90 Å². The number of hydrogen-bond acceptors (Lipinski definition) is 6. The topological polar surface area (TPSA) is 62.0 Å². The maximum atomic E-state index is 8.95. The first kappa shape index (κ1) is 18.6. The summed E-state index contributed by atoms with van der Waals surface area (Å²) in [5.74, 6) is 1.07. The predicted molar refractivity (Wildman–Crippen MR) is 110 cm³/mol. The fourth-order valence-electron chi connectivity index (χ4n) is 3.39. The third kappa shape index (κ3) is 4.75. The van der Waals surface area contributed by atoms with Crippen LogP contribution in [0.25, 0.3) is 10.6 Å². The molecule has 0 aliphatic carbocycles. The molecule has 0 amide bonds. The van der Waals surface area contributed by atoms with E-state index >= 15 is 0 Å². The smallest absolute Gasteiger partial charge is 0.214 e. The number of nitrogens with zero attached hydrogens (tertiary/aromatic N) is 4. The van der Waals surface area contributed by atoms with Crippen LogP contribution in [0.2, 0.25) is 0 Å². The number of aromatic nitrogens is 2. The van der Waals surface area contributed by atoms with Gasteiger partial charge in [-0.05, 0) is 37.9 Å². The van der Waals surface area contributed by atoms with Crippen molar-refractivity contribution < 1.29 is 4.74 Å². The first-order chi connectivity index (χ1) is 13.8. The van der Waals surface area contributed by atoms with Crippen LogP contribution in [-0.4, -0.2) is 34.6 Å². The number of thiazole rings is 1. The zero-order valence-electron chi connectivity index (χ0n) is 15.6. The Bertz CT molecular complexity index is 942. The summed E-state index contributed by atoms with van der Waals surface area (Å²) in [5.41, 5.74) is 2.91. The Labute approximate surface area is 169 Å². The first-order valence-electron chi connectivity index (χ1n) is 9.51. The second-order valence-corrected chi connectivity index (χ2v) is 7.89. The van der Waals surface area contributed by atoms with Crippen LogP contribution >= 0.6 is 11.3 Å². The second-order valence-electron chi connectivity index (χ2n) is 7.04. The van der Waals surface area contributed by atoms with Gasteiger partial charge in [0.2, 0.25) is 5.88 Å². The van der Waals surface area contributed by atoms with Gasteiger partial charge in [-0.1, -0.05) is 30.3 Å². The summed E-state index contributed by atoms with van der Waals surface area (Å²) in [4.78, 5) is 11.4. The van der Waals surface area contributed by atoms with Crippen LogP contribution in [0.1, 0.15) is 24.1 Å². The molecule has 0 N–H and O–H groups in total. The van der Waals surface area contributed by atoms with E-state index in [1.807, 2.05) is 6.07 Å². The summed E-state index contributed by atoms with van der Waals surface area (Å²) in [6, 6.07) is 15.8. The first-order valence-corrected chi connectivity index (χ1v) is 10.4. The molecule has 0 saturated carbocycles.